The Bertz CT molecular complexity index is 597. The lowest BCUT2D eigenvalue weighted by molar-refractivity contribution is -0.172. The second-order valence-corrected chi connectivity index (χ2v) is 5.18. The van der Waals surface area contributed by atoms with E-state index in [9.17, 15) is 14.4 Å². The summed E-state index contributed by atoms with van der Waals surface area (Å²) in [6, 6.07) is 9.15. The Labute approximate surface area is 116 Å². The molecule has 0 spiro atoms. The van der Waals surface area contributed by atoms with E-state index in [1.807, 2.05) is 30.3 Å². The van der Waals surface area contributed by atoms with E-state index >= 15 is 0 Å². The number of ketones is 1. The molecule has 1 heterocycles. The van der Waals surface area contributed by atoms with Crippen molar-refractivity contribution in [3.8, 4) is 0 Å². The number of hydrogen-bond donors (Lipinski definition) is 1. The maximum absolute atomic E-state index is 12.3. The fraction of sp³-hybridized carbons (Fsp3) is 0.400. The SMILES string of the molecule is CCOC(=O)[C@]12CC[C@@]1(c1ccccc1)NC(=O)C2=O. The molecule has 1 amide bonds. The van der Waals surface area contributed by atoms with E-state index < -0.39 is 28.6 Å². The highest BCUT2D eigenvalue weighted by Crippen LogP contribution is 2.60. The first-order chi connectivity index (χ1) is 9.58. The third-order valence-electron chi connectivity index (χ3n) is 4.41. The van der Waals surface area contributed by atoms with Crippen molar-refractivity contribution in [2.75, 3.05) is 6.61 Å². The zero-order chi connectivity index (χ0) is 14.4. The molecule has 1 aromatic rings. The molecular formula is C15H15NO4. The van der Waals surface area contributed by atoms with Crippen molar-refractivity contribution < 1.29 is 19.1 Å². The van der Waals surface area contributed by atoms with Gasteiger partial charge >= 0.3 is 5.97 Å². The van der Waals surface area contributed by atoms with Crippen LogP contribution < -0.4 is 5.32 Å². The number of carbonyl (C=O) groups is 3. The molecular weight excluding hydrogens is 258 g/mol. The highest BCUT2D eigenvalue weighted by atomic mass is 16.5. The van der Waals surface area contributed by atoms with Crippen LogP contribution in [0.1, 0.15) is 25.3 Å². The van der Waals surface area contributed by atoms with Crippen LogP contribution in [0.5, 0.6) is 0 Å². The number of hydrogen-bond acceptors (Lipinski definition) is 4. The fourth-order valence-corrected chi connectivity index (χ4v) is 3.35. The Morgan fingerprint density at radius 2 is 1.95 bits per heavy atom. The van der Waals surface area contributed by atoms with Gasteiger partial charge in [-0.15, -0.1) is 0 Å². The summed E-state index contributed by atoms with van der Waals surface area (Å²) in [4.78, 5) is 36.5. The minimum Gasteiger partial charge on any atom is -0.465 e. The van der Waals surface area contributed by atoms with E-state index in [-0.39, 0.29) is 6.61 Å². The van der Waals surface area contributed by atoms with Gasteiger partial charge in [0.25, 0.3) is 5.91 Å². The highest BCUT2D eigenvalue weighted by molar-refractivity contribution is 6.45. The molecule has 1 aromatic carbocycles. The predicted molar refractivity (Wildman–Crippen MR) is 69.6 cm³/mol. The van der Waals surface area contributed by atoms with Crippen molar-refractivity contribution in [1.82, 2.24) is 5.32 Å². The Morgan fingerprint density at radius 1 is 1.25 bits per heavy atom. The molecule has 104 valence electrons. The first-order valence-corrected chi connectivity index (χ1v) is 6.68. The lowest BCUT2D eigenvalue weighted by Crippen LogP contribution is -2.63. The fourth-order valence-electron chi connectivity index (χ4n) is 3.35. The van der Waals surface area contributed by atoms with Gasteiger partial charge in [0.05, 0.1) is 12.1 Å². The van der Waals surface area contributed by atoms with Crippen molar-refractivity contribution in [2.45, 2.75) is 25.3 Å². The first-order valence-electron chi connectivity index (χ1n) is 6.68. The van der Waals surface area contributed by atoms with E-state index in [1.54, 1.807) is 6.92 Å². The molecule has 0 aromatic heterocycles. The second-order valence-electron chi connectivity index (χ2n) is 5.18. The number of fused-ring (bicyclic) bond motifs is 1. The Morgan fingerprint density at radius 3 is 2.50 bits per heavy atom. The van der Waals surface area contributed by atoms with Gasteiger partial charge in [-0.3, -0.25) is 14.4 Å². The molecule has 20 heavy (non-hydrogen) atoms. The summed E-state index contributed by atoms with van der Waals surface area (Å²) in [5, 5.41) is 2.72. The van der Waals surface area contributed by atoms with Crippen LogP contribution in [0.4, 0.5) is 0 Å². The predicted octanol–water partition coefficient (Wildman–Crippen LogP) is 0.924. The van der Waals surface area contributed by atoms with Crippen LogP contribution in [-0.2, 0) is 24.7 Å². The summed E-state index contributed by atoms with van der Waals surface area (Å²) in [7, 11) is 0. The maximum Gasteiger partial charge on any atom is 0.323 e. The summed E-state index contributed by atoms with van der Waals surface area (Å²) in [5.41, 5.74) is -1.55. The van der Waals surface area contributed by atoms with E-state index in [1.165, 1.54) is 0 Å². The largest absolute Gasteiger partial charge is 0.465 e. The van der Waals surface area contributed by atoms with Crippen molar-refractivity contribution in [3.05, 3.63) is 35.9 Å². The number of nitrogens with one attached hydrogen (secondary N) is 1. The van der Waals surface area contributed by atoms with E-state index in [0.717, 1.165) is 5.56 Å². The molecule has 5 heteroatoms. The van der Waals surface area contributed by atoms with Gasteiger partial charge in [-0.1, -0.05) is 30.3 Å². The van der Waals surface area contributed by atoms with Crippen LogP contribution in [0.15, 0.2) is 30.3 Å². The van der Waals surface area contributed by atoms with Gasteiger partial charge < -0.3 is 10.1 Å². The minimum atomic E-state index is -1.39. The lowest BCUT2D eigenvalue weighted by atomic mass is 9.52. The van der Waals surface area contributed by atoms with E-state index in [2.05, 4.69) is 5.32 Å². The number of benzene rings is 1. The van der Waals surface area contributed by atoms with Gasteiger partial charge in [0.1, 0.15) is 0 Å². The van der Waals surface area contributed by atoms with Crippen LogP contribution in [0, 0.1) is 5.41 Å². The zero-order valence-electron chi connectivity index (χ0n) is 11.1. The normalized spacial score (nSPS) is 31.2. The zero-order valence-corrected chi connectivity index (χ0v) is 11.1. The van der Waals surface area contributed by atoms with Crippen LogP contribution in [0.3, 0.4) is 0 Å². The molecule has 1 aliphatic carbocycles. The third-order valence-corrected chi connectivity index (χ3v) is 4.41. The van der Waals surface area contributed by atoms with Crippen LogP contribution in [0.2, 0.25) is 0 Å². The highest BCUT2D eigenvalue weighted by Gasteiger charge is 2.75. The van der Waals surface area contributed by atoms with Gasteiger partial charge in [-0.05, 0) is 25.3 Å². The van der Waals surface area contributed by atoms with Crippen LogP contribution in [-0.4, -0.2) is 24.3 Å². The van der Waals surface area contributed by atoms with Gasteiger partial charge in [-0.2, -0.15) is 0 Å². The van der Waals surface area contributed by atoms with Gasteiger partial charge in [0.2, 0.25) is 5.78 Å². The number of amides is 1. The van der Waals surface area contributed by atoms with E-state index in [4.69, 9.17) is 4.74 Å². The summed E-state index contributed by atoms with van der Waals surface area (Å²) < 4.78 is 5.06. The maximum atomic E-state index is 12.3. The van der Waals surface area contributed by atoms with Crippen molar-refractivity contribution in [3.63, 3.8) is 0 Å². The molecule has 5 nitrogen and oxygen atoms in total. The Balaban J connectivity index is 2.13. The minimum absolute atomic E-state index is 0.187. The number of rotatable bonds is 3. The average molecular weight is 273 g/mol. The van der Waals surface area contributed by atoms with E-state index in [0.29, 0.717) is 12.8 Å². The van der Waals surface area contributed by atoms with Crippen LogP contribution >= 0.6 is 0 Å². The van der Waals surface area contributed by atoms with Gasteiger partial charge in [-0.25, -0.2) is 0 Å². The molecule has 3 rings (SSSR count). The third kappa shape index (κ3) is 1.30. The summed E-state index contributed by atoms with van der Waals surface area (Å²) >= 11 is 0. The standard InChI is InChI=1S/C15H15NO4/c1-2-20-13(19)14-8-9-15(14,16-12(18)11(14)17)10-6-4-3-5-7-10/h3-7H,2,8-9H2,1H3,(H,16,18)/t14-,15+/m1/s1. The van der Waals surface area contributed by atoms with Crippen molar-refractivity contribution >= 4 is 17.7 Å². The molecule has 0 bridgehead atoms. The molecule has 1 saturated carbocycles. The van der Waals surface area contributed by atoms with Crippen molar-refractivity contribution in [1.29, 1.82) is 0 Å². The quantitative estimate of drug-likeness (QED) is 0.505. The number of Topliss-reactive ketones (excluding diaryl/α,β-unsaturated/α-hetero) is 1. The van der Waals surface area contributed by atoms with Crippen molar-refractivity contribution in [2.24, 2.45) is 5.41 Å². The molecule has 1 saturated heterocycles. The summed E-state index contributed by atoms with van der Waals surface area (Å²) in [6.45, 7) is 1.87. The number of esters is 1. The molecule has 1 N–H and O–H groups in total. The first kappa shape index (κ1) is 12.8. The van der Waals surface area contributed by atoms with Crippen LogP contribution in [0.25, 0.3) is 0 Å². The van der Waals surface area contributed by atoms with Gasteiger partial charge in [0, 0.05) is 0 Å². The topological polar surface area (TPSA) is 72.5 Å². The molecule has 0 unspecified atom stereocenters. The summed E-state index contributed by atoms with van der Waals surface area (Å²) in [6.07, 6.45) is 0.908. The molecule has 2 aliphatic rings. The number of ether oxygens (including phenoxy) is 1. The monoisotopic (exact) mass is 273 g/mol. The molecule has 2 fully saturated rings. The molecule has 0 radical (unpaired) electrons. The second kappa shape index (κ2) is 4.16. The molecule has 1 aliphatic heterocycles. The summed E-state index contributed by atoms with van der Waals surface area (Å²) in [5.74, 6) is -1.97. The Hall–Kier alpha value is -2.17. The molecule has 2 atom stereocenters. The smallest absolute Gasteiger partial charge is 0.323 e. The van der Waals surface area contributed by atoms with Gasteiger partial charge in [0.15, 0.2) is 5.41 Å². The average Bonchev–Trinajstić information content (AvgIpc) is 2.58. The lowest BCUT2D eigenvalue weighted by Gasteiger charge is -2.50. The Kier molecular flexibility index (Phi) is 2.67. The number of carbonyl (C=O) groups excluding carboxylic acids is 3.